The van der Waals surface area contributed by atoms with Gasteiger partial charge in [-0.2, -0.15) is 0 Å². The predicted octanol–water partition coefficient (Wildman–Crippen LogP) is 3.88. The van der Waals surface area contributed by atoms with Crippen molar-refractivity contribution in [2.24, 2.45) is 0 Å². The standard InChI is InChI=1S/C17H19NO2S/c1-20-17(8-5-9-17)11-14(19)10-16-18-15(12-21-16)13-6-3-2-4-7-13/h2-4,6-7,12H,5,8-11H2,1H3. The van der Waals surface area contributed by atoms with E-state index in [1.54, 1.807) is 18.4 Å². The van der Waals surface area contributed by atoms with Crippen LogP contribution in [-0.4, -0.2) is 23.5 Å². The van der Waals surface area contributed by atoms with Crippen LogP contribution in [-0.2, 0) is 16.0 Å². The summed E-state index contributed by atoms with van der Waals surface area (Å²) in [5.41, 5.74) is 1.87. The molecule has 0 spiro atoms. The van der Waals surface area contributed by atoms with Crippen molar-refractivity contribution in [1.82, 2.24) is 4.98 Å². The SMILES string of the molecule is COC1(CC(=O)Cc2nc(-c3ccccc3)cs2)CCC1. The van der Waals surface area contributed by atoms with E-state index in [0.717, 1.165) is 35.5 Å². The lowest BCUT2D eigenvalue weighted by atomic mass is 9.76. The first-order valence-electron chi connectivity index (χ1n) is 7.27. The lowest BCUT2D eigenvalue weighted by Gasteiger charge is -2.40. The van der Waals surface area contributed by atoms with E-state index in [9.17, 15) is 4.79 Å². The molecule has 0 saturated heterocycles. The zero-order chi connectivity index (χ0) is 14.7. The van der Waals surface area contributed by atoms with Crippen molar-refractivity contribution in [3.05, 3.63) is 40.7 Å². The molecule has 1 aliphatic rings. The molecular weight excluding hydrogens is 282 g/mol. The fraction of sp³-hybridized carbons (Fsp3) is 0.412. The highest BCUT2D eigenvalue weighted by Crippen LogP contribution is 2.38. The van der Waals surface area contributed by atoms with Gasteiger partial charge >= 0.3 is 0 Å². The van der Waals surface area contributed by atoms with Crippen LogP contribution in [0.25, 0.3) is 11.3 Å². The number of Topliss-reactive ketones (excluding diaryl/α,β-unsaturated/α-hetero) is 1. The molecule has 21 heavy (non-hydrogen) atoms. The summed E-state index contributed by atoms with van der Waals surface area (Å²) in [6.07, 6.45) is 4.10. The van der Waals surface area contributed by atoms with Gasteiger partial charge in [0.2, 0.25) is 0 Å². The number of carbonyl (C=O) groups is 1. The van der Waals surface area contributed by atoms with Crippen LogP contribution in [0.1, 0.15) is 30.7 Å². The number of hydrogen-bond donors (Lipinski definition) is 0. The summed E-state index contributed by atoms with van der Waals surface area (Å²) < 4.78 is 5.52. The van der Waals surface area contributed by atoms with Gasteiger partial charge in [0.1, 0.15) is 10.8 Å². The predicted molar refractivity (Wildman–Crippen MR) is 84.5 cm³/mol. The molecule has 1 aromatic carbocycles. The minimum Gasteiger partial charge on any atom is -0.378 e. The average molecular weight is 301 g/mol. The van der Waals surface area contributed by atoms with Gasteiger partial charge in [-0.25, -0.2) is 4.98 Å². The van der Waals surface area contributed by atoms with Crippen LogP contribution in [0.5, 0.6) is 0 Å². The van der Waals surface area contributed by atoms with E-state index in [2.05, 4.69) is 4.98 Å². The molecule has 0 unspecified atom stereocenters. The fourth-order valence-corrected chi connectivity index (χ4v) is 3.58. The number of rotatable bonds is 6. The van der Waals surface area contributed by atoms with Crippen molar-refractivity contribution in [1.29, 1.82) is 0 Å². The number of nitrogens with zero attached hydrogens (tertiary/aromatic N) is 1. The van der Waals surface area contributed by atoms with Crippen LogP contribution in [0.4, 0.5) is 0 Å². The molecule has 1 fully saturated rings. The Balaban J connectivity index is 1.63. The molecule has 0 atom stereocenters. The summed E-state index contributed by atoms with van der Waals surface area (Å²) in [7, 11) is 1.71. The molecule has 3 rings (SSSR count). The lowest BCUT2D eigenvalue weighted by molar-refractivity contribution is -0.131. The number of ketones is 1. The maximum Gasteiger partial charge on any atom is 0.142 e. The Hall–Kier alpha value is -1.52. The molecule has 1 aliphatic carbocycles. The van der Waals surface area contributed by atoms with Gasteiger partial charge in [-0.3, -0.25) is 4.79 Å². The summed E-state index contributed by atoms with van der Waals surface area (Å²) in [6.45, 7) is 0. The van der Waals surface area contributed by atoms with E-state index >= 15 is 0 Å². The third-order valence-electron chi connectivity index (χ3n) is 4.19. The minimum absolute atomic E-state index is 0.184. The quantitative estimate of drug-likeness (QED) is 0.813. The van der Waals surface area contributed by atoms with Gasteiger partial charge in [0, 0.05) is 24.5 Å². The molecule has 1 aromatic heterocycles. The van der Waals surface area contributed by atoms with Crippen LogP contribution in [0, 0.1) is 0 Å². The second-order valence-corrected chi connectivity index (χ2v) is 6.57. The minimum atomic E-state index is -0.184. The molecule has 1 heterocycles. The van der Waals surface area contributed by atoms with Crippen molar-refractivity contribution >= 4 is 17.1 Å². The molecule has 0 N–H and O–H groups in total. The maximum absolute atomic E-state index is 12.2. The third-order valence-corrected chi connectivity index (χ3v) is 5.04. The second-order valence-electron chi connectivity index (χ2n) is 5.63. The maximum atomic E-state index is 12.2. The van der Waals surface area contributed by atoms with E-state index in [1.807, 2.05) is 35.7 Å². The summed E-state index contributed by atoms with van der Waals surface area (Å²) in [5.74, 6) is 0.227. The summed E-state index contributed by atoms with van der Waals surface area (Å²) in [5, 5.41) is 2.91. The van der Waals surface area contributed by atoms with Crippen molar-refractivity contribution in [2.75, 3.05) is 7.11 Å². The lowest BCUT2D eigenvalue weighted by Crippen LogP contribution is -2.41. The van der Waals surface area contributed by atoms with Crippen molar-refractivity contribution in [3.63, 3.8) is 0 Å². The van der Waals surface area contributed by atoms with Crippen LogP contribution in [0.15, 0.2) is 35.7 Å². The number of aromatic nitrogens is 1. The number of carbonyl (C=O) groups excluding carboxylic acids is 1. The molecule has 0 radical (unpaired) electrons. The van der Waals surface area contributed by atoms with E-state index < -0.39 is 0 Å². The molecule has 4 heteroatoms. The van der Waals surface area contributed by atoms with Crippen LogP contribution in [0.3, 0.4) is 0 Å². The Morgan fingerprint density at radius 2 is 2.10 bits per heavy atom. The van der Waals surface area contributed by atoms with Crippen molar-refractivity contribution in [3.8, 4) is 11.3 Å². The summed E-state index contributed by atoms with van der Waals surface area (Å²) in [4.78, 5) is 16.8. The van der Waals surface area contributed by atoms with E-state index in [-0.39, 0.29) is 11.4 Å². The zero-order valence-electron chi connectivity index (χ0n) is 12.2. The molecule has 3 nitrogen and oxygen atoms in total. The fourth-order valence-electron chi connectivity index (χ4n) is 2.75. The van der Waals surface area contributed by atoms with Gasteiger partial charge in [0.05, 0.1) is 17.7 Å². The first-order chi connectivity index (χ1) is 10.2. The van der Waals surface area contributed by atoms with E-state index in [0.29, 0.717) is 12.8 Å². The average Bonchev–Trinajstić information content (AvgIpc) is 2.92. The smallest absolute Gasteiger partial charge is 0.142 e. The number of thiazole rings is 1. The number of ether oxygens (including phenoxy) is 1. The molecule has 1 saturated carbocycles. The molecular formula is C17H19NO2S. The Morgan fingerprint density at radius 3 is 2.71 bits per heavy atom. The Kier molecular flexibility index (Phi) is 4.17. The topological polar surface area (TPSA) is 39.2 Å². The number of hydrogen-bond acceptors (Lipinski definition) is 4. The summed E-state index contributed by atoms with van der Waals surface area (Å²) in [6, 6.07) is 10.1. The monoisotopic (exact) mass is 301 g/mol. The highest BCUT2D eigenvalue weighted by Gasteiger charge is 2.38. The van der Waals surface area contributed by atoms with Crippen molar-refractivity contribution in [2.45, 2.75) is 37.7 Å². The van der Waals surface area contributed by atoms with E-state index in [4.69, 9.17) is 4.74 Å². The van der Waals surface area contributed by atoms with Crippen LogP contribution >= 0.6 is 11.3 Å². The highest BCUT2D eigenvalue weighted by molar-refractivity contribution is 7.10. The molecule has 2 aromatic rings. The molecule has 0 amide bonds. The Bertz CT molecular complexity index is 611. The Labute approximate surface area is 129 Å². The van der Waals surface area contributed by atoms with Gasteiger partial charge in [0.15, 0.2) is 0 Å². The van der Waals surface area contributed by atoms with Crippen LogP contribution in [0.2, 0.25) is 0 Å². The zero-order valence-corrected chi connectivity index (χ0v) is 13.0. The molecule has 110 valence electrons. The molecule has 0 bridgehead atoms. The van der Waals surface area contributed by atoms with Gasteiger partial charge < -0.3 is 4.74 Å². The molecule has 0 aliphatic heterocycles. The van der Waals surface area contributed by atoms with Gasteiger partial charge in [0.25, 0.3) is 0 Å². The number of methoxy groups -OCH3 is 1. The normalized spacial score (nSPS) is 16.4. The number of benzene rings is 1. The van der Waals surface area contributed by atoms with Crippen molar-refractivity contribution < 1.29 is 9.53 Å². The Morgan fingerprint density at radius 1 is 1.33 bits per heavy atom. The summed E-state index contributed by atoms with van der Waals surface area (Å²) >= 11 is 1.56. The van der Waals surface area contributed by atoms with Gasteiger partial charge in [-0.15, -0.1) is 11.3 Å². The van der Waals surface area contributed by atoms with E-state index in [1.165, 1.54) is 0 Å². The first-order valence-corrected chi connectivity index (χ1v) is 8.15. The van der Waals surface area contributed by atoms with Gasteiger partial charge in [-0.05, 0) is 19.3 Å². The first kappa shape index (κ1) is 14.4. The third kappa shape index (κ3) is 3.22. The second kappa shape index (κ2) is 6.08. The van der Waals surface area contributed by atoms with Gasteiger partial charge in [-0.1, -0.05) is 30.3 Å². The largest absolute Gasteiger partial charge is 0.378 e. The highest BCUT2D eigenvalue weighted by atomic mass is 32.1. The van der Waals surface area contributed by atoms with Crippen LogP contribution < -0.4 is 0 Å².